The molecule has 1 fully saturated rings. The number of piperidine rings is 1. The normalized spacial score (nSPS) is 19.2. The summed E-state index contributed by atoms with van der Waals surface area (Å²) in [4.78, 5) is 7.48. The fourth-order valence-corrected chi connectivity index (χ4v) is 3.09. The predicted octanol–water partition coefficient (Wildman–Crippen LogP) is 2.25. The number of unbranched alkanes of at least 4 members (excludes halogenated alkanes) is 1. The quantitative estimate of drug-likeness (QED) is 0.301. The van der Waals surface area contributed by atoms with Gasteiger partial charge in [-0.2, -0.15) is 0 Å². The van der Waals surface area contributed by atoms with Gasteiger partial charge in [-0.05, 0) is 45.7 Å². The van der Waals surface area contributed by atoms with Crippen molar-refractivity contribution in [3.8, 4) is 0 Å². The molecule has 0 aromatic rings. The zero-order valence-corrected chi connectivity index (χ0v) is 16.7. The van der Waals surface area contributed by atoms with Gasteiger partial charge in [-0.25, -0.2) is 0 Å². The average Bonchev–Trinajstić information content (AvgIpc) is 2.64. The number of methoxy groups -OCH3 is 1. The number of rotatable bonds is 13. The van der Waals surface area contributed by atoms with E-state index in [0.29, 0.717) is 19.3 Å². The van der Waals surface area contributed by atoms with E-state index in [1.54, 1.807) is 7.11 Å². The molecule has 0 spiro atoms. The Labute approximate surface area is 154 Å². The van der Waals surface area contributed by atoms with Gasteiger partial charge in [0, 0.05) is 32.8 Å². The maximum atomic E-state index is 5.49. The van der Waals surface area contributed by atoms with Gasteiger partial charge in [0.05, 0.1) is 19.8 Å². The molecule has 1 unspecified atom stereocenters. The molecule has 2 N–H and O–H groups in total. The minimum atomic E-state index is 0.605. The van der Waals surface area contributed by atoms with Crippen LogP contribution in [0.3, 0.4) is 0 Å². The Kier molecular flexibility index (Phi) is 13.7. The lowest BCUT2D eigenvalue weighted by Crippen LogP contribution is -2.44. The van der Waals surface area contributed by atoms with E-state index >= 15 is 0 Å². The Bertz CT molecular complexity index is 339. The van der Waals surface area contributed by atoms with Crippen molar-refractivity contribution in [2.45, 2.75) is 58.4 Å². The summed E-state index contributed by atoms with van der Waals surface area (Å²) in [7, 11) is 1.69. The van der Waals surface area contributed by atoms with E-state index in [2.05, 4.69) is 29.4 Å². The predicted molar refractivity (Wildman–Crippen MR) is 105 cm³/mol. The largest absolute Gasteiger partial charge is 0.382 e. The van der Waals surface area contributed by atoms with Crippen molar-refractivity contribution in [3.63, 3.8) is 0 Å². The van der Waals surface area contributed by atoms with Gasteiger partial charge in [0.25, 0.3) is 0 Å². The van der Waals surface area contributed by atoms with Crippen molar-refractivity contribution in [2.24, 2.45) is 4.99 Å². The maximum absolute atomic E-state index is 5.49. The molecule has 1 aliphatic heterocycles. The highest BCUT2D eigenvalue weighted by molar-refractivity contribution is 5.79. The summed E-state index contributed by atoms with van der Waals surface area (Å²) in [6, 6.07) is 0.605. The molecule has 0 radical (unpaired) electrons. The van der Waals surface area contributed by atoms with Crippen molar-refractivity contribution < 1.29 is 9.47 Å². The Morgan fingerprint density at radius 1 is 1.12 bits per heavy atom. The Balaban J connectivity index is 2.32. The molecular weight excluding hydrogens is 316 g/mol. The van der Waals surface area contributed by atoms with Crippen molar-refractivity contribution in [3.05, 3.63) is 0 Å². The zero-order valence-electron chi connectivity index (χ0n) is 16.7. The van der Waals surface area contributed by atoms with E-state index in [1.807, 2.05) is 0 Å². The number of guanidine groups is 1. The summed E-state index contributed by atoms with van der Waals surface area (Å²) in [6.45, 7) is 11.6. The minimum absolute atomic E-state index is 0.605. The number of nitrogens with one attached hydrogen (secondary N) is 2. The van der Waals surface area contributed by atoms with E-state index in [-0.39, 0.29) is 0 Å². The molecule has 25 heavy (non-hydrogen) atoms. The van der Waals surface area contributed by atoms with Crippen LogP contribution in [0.25, 0.3) is 0 Å². The van der Waals surface area contributed by atoms with Crippen LogP contribution < -0.4 is 10.6 Å². The van der Waals surface area contributed by atoms with E-state index < -0.39 is 0 Å². The van der Waals surface area contributed by atoms with Gasteiger partial charge in [-0.1, -0.05) is 19.8 Å². The van der Waals surface area contributed by atoms with E-state index in [0.717, 1.165) is 38.6 Å². The lowest BCUT2D eigenvalue weighted by atomic mass is 10.0. The molecule has 1 rings (SSSR count). The van der Waals surface area contributed by atoms with Crippen molar-refractivity contribution in [1.82, 2.24) is 15.5 Å². The van der Waals surface area contributed by atoms with Crippen LogP contribution >= 0.6 is 0 Å². The topological polar surface area (TPSA) is 58.1 Å². The third-order valence-corrected chi connectivity index (χ3v) is 4.54. The fraction of sp³-hybridized carbons (Fsp3) is 0.947. The summed E-state index contributed by atoms with van der Waals surface area (Å²) < 4.78 is 10.5. The lowest BCUT2D eigenvalue weighted by molar-refractivity contribution is 0.0698. The molecule has 0 saturated carbocycles. The lowest BCUT2D eigenvalue weighted by Gasteiger charge is -2.35. The third-order valence-electron chi connectivity index (χ3n) is 4.54. The first-order chi connectivity index (χ1) is 12.3. The standard InChI is InChI=1S/C19H40N4O2/c1-4-6-12-23-13-8-7-10-18(23)17-22-19(20-5-2)21-11-9-14-25-16-15-24-3/h18H,4-17H2,1-3H3,(H2,20,21,22). The van der Waals surface area contributed by atoms with Crippen molar-refractivity contribution >= 4 is 5.96 Å². The maximum Gasteiger partial charge on any atom is 0.191 e. The van der Waals surface area contributed by atoms with Crippen LogP contribution in [0, 0.1) is 0 Å². The van der Waals surface area contributed by atoms with Crippen molar-refractivity contribution in [1.29, 1.82) is 0 Å². The first-order valence-corrected chi connectivity index (χ1v) is 10.1. The molecule has 0 amide bonds. The van der Waals surface area contributed by atoms with Gasteiger partial charge in [-0.3, -0.25) is 9.89 Å². The SMILES string of the molecule is CCCCN1CCCCC1CN=C(NCC)NCCCOCCOC. The average molecular weight is 357 g/mol. The second-order valence-corrected chi connectivity index (χ2v) is 6.64. The number of nitrogens with zero attached hydrogens (tertiary/aromatic N) is 2. The summed E-state index contributed by atoms with van der Waals surface area (Å²) in [5.41, 5.74) is 0. The molecule has 148 valence electrons. The molecule has 1 heterocycles. The number of likely N-dealkylation sites (tertiary alicyclic amines) is 1. The summed E-state index contributed by atoms with van der Waals surface area (Å²) >= 11 is 0. The third kappa shape index (κ3) is 10.7. The highest BCUT2D eigenvalue weighted by atomic mass is 16.5. The Morgan fingerprint density at radius 2 is 2.00 bits per heavy atom. The molecular formula is C19H40N4O2. The van der Waals surface area contributed by atoms with Gasteiger partial charge in [-0.15, -0.1) is 0 Å². The molecule has 0 aliphatic carbocycles. The van der Waals surface area contributed by atoms with Crippen LogP contribution in [0.15, 0.2) is 4.99 Å². The Hall–Kier alpha value is -0.850. The highest BCUT2D eigenvalue weighted by Gasteiger charge is 2.21. The second-order valence-electron chi connectivity index (χ2n) is 6.64. The van der Waals surface area contributed by atoms with Gasteiger partial charge < -0.3 is 20.1 Å². The first kappa shape index (κ1) is 22.2. The van der Waals surface area contributed by atoms with Crippen LogP contribution in [0.1, 0.15) is 52.4 Å². The van der Waals surface area contributed by atoms with Gasteiger partial charge >= 0.3 is 0 Å². The van der Waals surface area contributed by atoms with E-state index in [4.69, 9.17) is 14.5 Å². The number of hydrogen-bond acceptors (Lipinski definition) is 4. The summed E-state index contributed by atoms with van der Waals surface area (Å²) in [5, 5.41) is 6.77. The van der Waals surface area contributed by atoms with Crippen LogP contribution in [-0.2, 0) is 9.47 Å². The number of ether oxygens (including phenoxy) is 2. The smallest absolute Gasteiger partial charge is 0.191 e. The monoisotopic (exact) mass is 356 g/mol. The minimum Gasteiger partial charge on any atom is -0.382 e. The van der Waals surface area contributed by atoms with Crippen LogP contribution in [0.2, 0.25) is 0 Å². The molecule has 0 bridgehead atoms. The summed E-state index contributed by atoms with van der Waals surface area (Å²) in [5.74, 6) is 0.931. The van der Waals surface area contributed by atoms with Gasteiger partial charge in [0.1, 0.15) is 0 Å². The second kappa shape index (κ2) is 15.4. The van der Waals surface area contributed by atoms with E-state index in [9.17, 15) is 0 Å². The molecule has 1 atom stereocenters. The fourth-order valence-electron chi connectivity index (χ4n) is 3.09. The molecule has 6 heteroatoms. The Morgan fingerprint density at radius 3 is 2.76 bits per heavy atom. The first-order valence-electron chi connectivity index (χ1n) is 10.1. The van der Waals surface area contributed by atoms with Crippen molar-refractivity contribution in [2.75, 3.05) is 59.7 Å². The van der Waals surface area contributed by atoms with E-state index in [1.165, 1.54) is 45.2 Å². The number of hydrogen-bond donors (Lipinski definition) is 2. The van der Waals surface area contributed by atoms with Crippen LogP contribution in [-0.4, -0.2) is 76.6 Å². The van der Waals surface area contributed by atoms with Gasteiger partial charge in [0.2, 0.25) is 0 Å². The van der Waals surface area contributed by atoms with Gasteiger partial charge in [0.15, 0.2) is 5.96 Å². The number of aliphatic imine (C=N–C) groups is 1. The molecule has 1 saturated heterocycles. The highest BCUT2D eigenvalue weighted by Crippen LogP contribution is 2.17. The summed E-state index contributed by atoms with van der Waals surface area (Å²) in [6.07, 6.45) is 7.49. The van der Waals surface area contributed by atoms with Crippen LogP contribution in [0.5, 0.6) is 0 Å². The molecule has 1 aliphatic rings. The molecule has 6 nitrogen and oxygen atoms in total. The molecule has 0 aromatic heterocycles. The van der Waals surface area contributed by atoms with Crippen LogP contribution in [0.4, 0.5) is 0 Å². The zero-order chi connectivity index (χ0) is 18.2. The molecule has 0 aromatic carbocycles.